The van der Waals surface area contributed by atoms with E-state index in [1.807, 2.05) is 7.05 Å². The standard InChI is InChI=1S/C12H22N4O2/c1-16-7-4-9(8-16)14-11(17)12(10(13)15-18)5-2-3-6-12/h9,18H,2-8H2,1H3,(H2,13,15)(H,14,17). The molecule has 102 valence electrons. The van der Waals surface area contributed by atoms with Gasteiger partial charge in [0.15, 0.2) is 5.84 Å². The Kier molecular flexibility index (Phi) is 3.75. The zero-order chi connectivity index (χ0) is 13.2. The minimum Gasteiger partial charge on any atom is -0.409 e. The second-order valence-electron chi connectivity index (χ2n) is 5.50. The van der Waals surface area contributed by atoms with Crippen LogP contribution in [-0.4, -0.2) is 48.0 Å². The number of nitrogens with one attached hydrogen (secondary N) is 1. The van der Waals surface area contributed by atoms with E-state index in [4.69, 9.17) is 10.9 Å². The summed E-state index contributed by atoms with van der Waals surface area (Å²) in [4.78, 5) is 14.6. The Hall–Kier alpha value is -1.30. The van der Waals surface area contributed by atoms with E-state index in [0.29, 0.717) is 12.8 Å². The van der Waals surface area contributed by atoms with Crippen molar-refractivity contribution >= 4 is 11.7 Å². The van der Waals surface area contributed by atoms with Crippen LogP contribution in [0.1, 0.15) is 32.1 Å². The van der Waals surface area contributed by atoms with Gasteiger partial charge >= 0.3 is 0 Å². The molecule has 1 atom stereocenters. The molecule has 0 aromatic heterocycles. The third-order valence-electron chi connectivity index (χ3n) is 4.22. The minimum absolute atomic E-state index is 0.0591. The molecule has 0 aromatic carbocycles. The van der Waals surface area contributed by atoms with Gasteiger partial charge in [-0.05, 0) is 32.9 Å². The highest BCUT2D eigenvalue weighted by molar-refractivity contribution is 6.07. The smallest absolute Gasteiger partial charge is 0.234 e. The van der Waals surface area contributed by atoms with Crippen molar-refractivity contribution in [1.29, 1.82) is 0 Å². The topological polar surface area (TPSA) is 91.0 Å². The number of likely N-dealkylation sites (tertiary alicyclic amines) is 1. The lowest BCUT2D eigenvalue weighted by molar-refractivity contribution is -0.128. The number of nitrogens with two attached hydrogens (primary N) is 1. The van der Waals surface area contributed by atoms with Crippen LogP contribution in [0.4, 0.5) is 0 Å². The molecule has 1 amide bonds. The molecule has 0 aromatic rings. The number of hydrogen-bond acceptors (Lipinski definition) is 4. The Morgan fingerprint density at radius 3 is 2.67 bits per heavy atom. The molecule has 1 unspecified atom stereocenters. The van der Waals surface area contributed by atoms with Gasteiger partial charge in [-0.1, -0.05) is 18.0 Å². The van der Waals surface area contributed by atoms with Crippen molar-refractivity contribution in [3.05, 3.63) is 0 Å². The van der Waals surface area contributed by atoms with Gasteiger partial charge in [0.05, 0.1) is 0 Å². The summed E-state index contributed by atoms with van der Waals surface area (Å²) < 4.78 is 0. The first kappa shape index (κ1) is 13.1. The summed E-state index contributed by atoms with van der Waals surface area (Å²) in [5, 5.41) is 15.0. The number of amides is 1. The molecular weight excluding hydrogens is 232 g/mol. The Bertz CT molecular complexity index is 350. The highest BCUT2D eigenvalue weighted by Gasteiger charge is 2.46. The van der Waals surface area contributed by atoms with Crippen LogP contribution in [0.3, 0.4) is 0 Å². The van der Waals surface area contributed by atoms with Crippen LogP contribution >= 0.6 is 0 Å². The van der Waals surface area contributed by atoms with Crippen molar-refractivity contribution < 1.29 is 10.0 Å². The molecule has 0 spiro atoms. The van der Waals surface area contributed by atoms with E-state index < -0.39 is 5.41 Å². The zero-order valence-electron chi connectivity index (χ0n) is 10.9. The van der Waals surface area contributed by atoms with Gasteiger partial charge in [0.1, 0.15) is 5.41 Å². The van der Waals surface area contributed by atoms with E-state index in [-0.39, 0.29) is 17.8 Å². The summed E-state index contributed by atoms with van der Waals surface area (Å²) in [6.45, 7) is 1.87. The Morgan fingerprint density at radius 2 is 2.17 bits per heavy atom. The van der Waals surface area contributed by atoms with Gasteiger partial charge in [-0.15, -0.1) is 0 Å². The second kappa shape index (κ2) is 5.14. The van der Waals surface area contributed by atoms with Crippen LogP contribution in [-0.2, 0) is 4.79 Å². The number of oxime groups is 1. The van der Waals surface area contributed by atoms with Gasteiger partial charge in [-0.2, -0.15) is 0 Å². The summed E-state index contributed by atoms with van der Waals surface area (Å²) in [6, 6.07) is 0.187. The lowest BCUT2D eigenvalue weighted by atomic mass is 9.83. The largest absolute Gasteiger partial charge is 0.409 e. The highest BCUT2D eigenvalue weighted by atomic mass is 16.4. The van der Waals surface area contributed by atoms with Gasteiger partial charge in [-0.25, -0.2) is 0 Å². The van der Waals surface area contributed by atoms with Crippen LogP contribution in [0, 0.1) is 5.41 Å². The lowest BCUT2D eigenvalue weighted by Crippen LogP contribution is -2.51. The molecule has 2 fully saturated rings. The molecule has 0 radical (unpaired) electrons. The van der Waals surface area contributed by atoms with Crippen LogP contribution in [0.2, 0.25) is 0 Å². The van der Waals surface area contributed by atoms with Crippen molar-refractivity contribution in [2.45, 2.75) is 38.1 Å². The maximum atomic E-state index is 12.4. The van der Waals surface area contributed by atoms with E-state index in [0.717, 1.165) is 32.4 Å². The molecule has 1 saturated heterocycles. The van der Waals surface area contributed by atoms with E-state index >= 15 is 0 Å². The average molecular weight is 254 g/mol. The first-order chi connectivity index (χ1) is 8.58. The number of amidine groups is 1. The summed E-state index contributed by atoms with van der Waals surface area (Å²) in [7, 11) is 2.04. The molecule has 2 aliphatic rings. The van der Waals surface area contributed by atoms with E-state index in [1.54, 1.807) is 0 Å². The van der Waals surface area contributed by atoms with E-state index in [2.05, 4.69) is 15.4 Å². The number of carbonyl (C=O) groups excluding carboxylic acids is 1. The summed E-state index contributed by atoms with van der Waals surface area (Å²) in [6.07, 6.45) is 4.23. The SMILES string of the molecule is CN1CCC(NC(=O)C2(C(N)=NO)CCCC2)C1. The monoisotopic (exact) mass is 254 g/mol. The lowest BCUT2D eigenvalue weighted by Gasteiger charge is -2.27. The fraction of sp³-hybridized carbons (Fsp3) is 0.833. The summed E-state index contributed by atoms with van der Waals surface area (Å²) in [5.41, 5.74) is 4.96. The predicted octanol–water partition coefficient (Wildman–Crippen LogP) is 0.114. The molecule has 18 heavy (non-hydrogen) atoms. The molecule has 6 heteroatoms. The average Bonchev–Trinajstić information content (AvgIpc) is 2.98. The van der Waals surface area contributed by atoms with Crippen LogP contribution < -0.4 is 11.1 Å². The minimum atomic E-state index is -0.782. The van der Waals surface area contributed by atoms with Gasteiger partial charge in [0, 0.05) is 12.6 Å². The number of nitrogens with zero attached hydrogens (tertiary/aromatic N) is 2. The van der Waals surface area contributed by atoms with Crippen molar-refractivity contribution in [3.63, 3.8) is 0 Å². The molecule has 1 heterocycles. The fourth-order valence-electron chi connectivity index (χ4n) is 3.05. The van der Waals surface area contributed by atoms with E-state index in [1.165, 1.54) is 0 Å². The third-order valence-corrected chi connectivity index (χ3v) is 4.22. The molecule has 6 nitrogen and oxygen atoms in total. The summed E-state index contributed by atoms with van der Waals surface area (Å²) in [5.74, 6) is -0.0144. The van der Waals surface area contributed by atoms with Crippen molar-refractivity contribution in [2.24, 2.45) is 16.3 Å². The first-order valence-electron chi connectivity index (χ1n) is 6.56. The zero-order valence-corrected chi connectivity index (χ0v) is 10.9. The van der Waals surface area contributed by atoms with Gasteiger partial charge in [0.2, 0.25) is 5.91 Å². The molecule has 4 N–H and O–H groups in total. The van der Waals surface area contributed by atoms with E-state index in [9.17, 15) is 4.79 Å². The summed E-state index contributed by atoms with van der Waals surface area (Å²) >= 11 is 0. The fourth-order valence-corrected chi connectivity index (χ4v) is 3.05. The molecule has 2 rings (SSSR count). The molecular formula is C12H22N4O2. The third kappa shape index (κ3) is 2.29. The number of likely N-dealkylation sites (N-methyl/N-ethyl adjacent to an activating group) is 1. The van der Waals surface area contributed by atoms with Gasteiger partial charge < -0.3 is 21.2 Å². The Labute approximate surface area is 107 Å². The van der Waals surface area contributed by atoms with Crippen molar-refractivity contribution in [1.82, 2.24) is 10.2 Å². The molecule has 1 saturated carbocycles. The number of hydrogen-bond donors (Lipinski definition) is 3. The molecule has 0 bridgehead atoms. The maximum absolute atomic E-state index is 12.4. The van der Waals surface area contributed by atoms with Gasteiger partial charge in [0.25, 0.3) is 0 Å². The normalized spacial score (nSPS) is 28.5. The number of carbonyl (C=O) groups is 1. The second-order valence-corrected chi connectivity index (χ2v) is 5.50. The van der Waals surface area contributed by atoms with Crippen LogP contribution in [0.15, 0.2) is 5.16 Å². The van der Waals surface area contributed by atoms with Crippen molar-refractivity contribution in [3.8, 4) is 0 Å². The Morgan fingerprint density at radius 1 is 1.50 bits per heavy atom. The van der Waals surface area contributed by atoms with Gasteiger partial charge in [-0.3, -0.25) is 4.79 Å². The first-order valence-corrected chi connectivity index (χ1v) is 6.56. The van der Waals surface area contributed by atoms with Crippen molar-refractivity contribution in [2.75, 3.05) is 20.1 Å². The van der Waals surface area contributed by atoms with Crippen LogP contribution in [0.5, 0.6) is 0 Å². The Balaban J connectivity index is 2.05. The number of rotatable bonds is 3. The maximum Gasteiger partial charge on any atom is 0.234 e. The highest BCUT2D eigenvalue weighted by Crippen LogP contribution is 2.38. The van der Waals surface area contributed by atoms with Crippen LogP contribution in [0.25, 0.3) is 0 Å². The molecule has 1 aliphatic heterocycles. The predicted molar refractivity (Wildman–Crippen MR) is 68.4 cm³/mol. The molecule has 1 aliphatic carbocycles. The quantitative estimate of drug-likeness (QED) is 0.288.